The lowest BCUT2D eigenvalue weighted by atomic mass is 10.1. The number of methoxy groups -OCH3 is 1. The Balaban J connectivity index is 2.37. The first-order chi connectivity index (χ1) is 11.7. The molecule has 6 nitrogen and oxygen atoms in total. The van der Waals surface area contributed by atoms with Crippen molar-refractivity contribution in [3.8, 4) is 11.5 Å². The molecule has 2 aromatic rings. The Morgan fingerprint density at radius 3 is 2.36 bits per heavy atom. The summed E-state index contributed by atoms with van der Waals surface area (Å²) in [6.07, 6.45) is 0. The summed E-state index contributed by atoms with van der Waals surface area (Å²) in [4.78, 5) is 23.7. The number of rotatable bonds is 4. The molecule has 2 aromatic carbocycles. The van der Waals surface area contributed by atoms with Crippen LogP contribution in [0.5, 0.6) is 11.5 Å². The number of hydrogen-bond acceptors (Lipinski definition) is 4. The molecule has 25 heavy (non-hydrogen) atoms. The molecule has 0 aliphatic rings. The molecule has 0 saturated heterocycles. The van der Waals surface area contributed by atoms with Gasteiger partial charge in [0.25, 0.3) is 5.91 Å². The molecule has 0 heterocycles. The number of carbonyl (C=O) groups excluding carboxylic acids is 2. The number of anilines is 2. The molecular weight excluding hydrogens is 391 g/mol. The smallest absolute Gasteiger partial charge is 0.261 e. The van der Waals surface area contributed by atoms with Crippen molar-refractivity contribution >= 4 is 58.0 Å². The van der Waals surface area contributed by atoms with Gasteiger partial charge in [-0.25, -0.2) is 0 Å². The van der Waals surface area contributed by atoms with E-state index in [2.05, 4.69) is 10.6 Å². The second-order valence-electron chi connectivity index (χ2n) is 4.93. The first kappa shape index (κ1) is 19.2. The fourth-order valence-corrected chi connectivity index (χ4v) is 2.75. The first-order valence-corrected chi connectivity index (χ1v) is 8.01. The lowest BCUT2D eigenvalue weighted by molar-refractivity contribution is -0.114. The second-order valence-corrected chi connectivity index (χ2v) is 6.12. The number of phenols is 1. The molecular formula is C16H13Cl3N2O4. The SMILES string of the molecule is COc1ccc(NC(=O)c2c(O)c(Cl)cc(Cl)c2Cl)cc1NC(C)=O. The van der Waals surface area contributed by atoms with Crippen LogP contribution in [0.4, 0.5) is 11.4 Å². The number of carbonyl (C=O) groups is 2. The Labute approximate surface area is 158 Å². The highest BCUT2D eigenvalue weighted by atomic mass is 35.5. The van der Waals surface area contributed by atoms with Gasteiger partial charge in [0, 0.05) is 12.6 Å². The van der Waals surface area contributed by atoms with Gasteiger partial charge < -0.3 is 20.5 Å². The Morgan fingerprint density at radius 2 is 1.76 bits per heavy atom. The van der Waals surface area contributed by atoms with Crippen molar-refractivity contribution in [3.05, 3.63) is 44.9 Å². The molecule has 0 unspecified atom stereocenters. The number of hydrogen-bond donors (Lipinski definition) is 3. The Hall–Kier alpha value is -2.15. The maximum atomic E-state index is 12.5. The molecule has 0 fully saturated rings. The molecule has 0 aliphatic heterocycles. The van der Waals surface area contributed by atoms with Crippen LogP contribution in [-0.2, 0) is 4.79 Å². The molecule has 0 atom stereocenters. The molecule has 0 radical (unpaired) electrons. The maximum Gasteiger partial charge on any atom is 0.261 e. The highest BCUT2D eigenvalue weighted by molar-refractivity contribution is 6.46. The minimum atomic E-state index is -0.717. The van der Waals surface area contributed by atoms with Crippen LogP contribution in [0.1, 0.15) is 17.3 Å². The maximum absolute atomic E-state index is 12.5. The molecule has 0 spiro atoms. The zero-order chi connectivity index (χ0) is 18.7. The van der Waals surface area contributed by atoms with E-state index in [1.54, 1.807) is 12.1 Å². The van der Waals surface area contributed by atoms with Gasteiger partial charge in [0.05, 0.1) is 27.9 Å². The van der Waals surface area contributed by atoms with Crippen LogP contribution in [0.2, 0.25) is 15.1 Å². The fraction of sp³-hybridized carbons (Fsp3) is 0.125. The number of halogens is 3. The minimum Gasteiger partial charge on any atom is -0.505 e. The molecule has 9 heteroatoms. The normalized spacial score (nSPS) is 10.3. The first-order valence-electron chi connectivity index (χ1n) is 6.88. The van der Waals surface area contributed by atoms with Gasteiger partial charge in [0.2, 0.25) is 5.91 Å². The van der Waals surface area contributed by atoms with E-state index in [4.69, 9.17) is 39.5 Å². The number of aromatic hydroxyl groups is 1. The molecule has 2 amide bonds. The van der Waals surface area contributed by atoms with E-state index in [1.165, 1.54) is 26.2 Å². The number of phenolic OH excluding ortho intramolecular Hbond substituents is 1. The van der Waals surface area contributed by atoms with E-state index in [9.17, 15) is 14.7 Å². The number of ether oxygens (including phenoxy) is 1. The van der Waals surface area contributed by atoms with Crippen LogP contribution in [0.3, 0.4) is 0 Å². The fourth-order valence-electron chi connectivity index (χ4n) is 2.06. The molecule has 0 aliphatic carbocycles. The van der Waals surface area contributed by atoms with E-state index in [-0.39, 0.29) is 26.5 Å². The van der Waals surface area contributed by atoms with E-state index >= 15 is 0 Å². The molecule has 3 N–H and O–H groups in total. The molecule has 0 saturated carbocycles. The van der Waals surface area contributed by atoms with Crippen molar-refractivity contribution in [3.63, 3.8) is 0 Å². The minimum absolute atomic E-state index is 0.0308. The summed E-state index contributed by atoms with van der Waals surface area (Å²) < 4.78 is 5.14. The Bertz CT molecular complexity index is 830. The lowest BCUT2D eigenvalue weighted by Gasteiger charge is -2.13. The highest BCUT2D eigenvalue weighted by Crippen LogP contribution is 2.39. The van der Waals surface area contributed by atoms with Gasteiger partial charge in [-0.05, 0) is 24.3 Å². The Morgan fingerprint density at radius 1 is 1.08 bits per heavy atom. The van der Waals surface area contributed by atoms with E-state index < -0.39 is 11.7 Å². The van der Waals surface area contributed by atoms with E-state index in [0.717, 1.165) is 0 Å². The second kappa shape index (κ2) is 7.82. The van der Waals surface area contributed by atoms with Crippen LogP contribution in [-0.4, -0.2) is 24.0 Å². The summed E-state index contributed by atoms with van der Waals surface area (Å²) in [7, 11) is 1.45. The van der Waals surface area contributed by atoms with Gasteiger partial charge in [-0.15, -0.1) is 0 Å². The largest absolute Gasteiger partial charge is 0.505 e. The third kappa shape index (κ3) is 4.28. The van der Waals surface area contributed by atoms with Crippen LogP contribution < -0.4 is 15.4 Å². The van der Waals surface area contributed by atoms with Gasteiger partial charge in [-0.1, -0.05) is 34.8 Å². The molecule has 0 aromatic heterocycles. The van der Waals surface area contributed by atoms with Crippen molar-refractivity contribution in [1.82, 2.24) is 0 Å². The lowest BCUT2D eigenvalue weighted by Crippen LogP contribution is -2.14. The van der Waals surface area contributed by atoms with E-state index in [0.29, 0.717) is 17.1 Å². The quantitative estimate of drug-likeness (QED) is 0.652. The van der Waals surface area contributed by atoms with Crippen molar-refractivity contribution in [2.75, 3.05) is 17.7 Å². The van der Waals surface area contributed by atoms with Crippen LogP contribution >= 0.6 is 34.8 Å². The average molecular weight is 404 g/mol. The topological polar surface area (TPSA) is 87.7 Å². The predicted octanol–water partition coefficient (Wildman–Crippen LogP) is 4.57. The van der Waals surface area contributed by atoms with Crippen molar-refractivity contribution in [1.29, 1.82) is 0 Å². The van der Waals surface area contributed by atoms with Gasteiger partial charge in [-0.3, -0.25) is 9.59 Å². The molecule has 2 rings (SSSR count). The highest BCUT2D eigenvalue weighted by Gasteiger charge is 2.21. The summed E-state index contributed by atoms with van der Waals surface area (Å²) in [6, 6.07) is 5.85. The van der Waals surface area contributed by atoms with Crippen LogP contribution in [0, 0.1) is 0 Å². The van der Waals surface area contributed by atoms with Crippen LogP contribution in [0.15, 0.2) is 24.3 Å². The Kier molecular flexibility index (Phi) is 6.00. The molecule has 132 valence electrons. The monoisotopic (exact) mass is 402 g/mol. The van der Waals surface area contributed by atoms with Crippen molar-refractivity contribution in [2.45, 2.75) is 6.92 Å². The predicted molar refractivity (Wildman–Crippen MR) is 98.4 cm³/mol. The zero-order valence-corrected chi connectivity index (χ0v) is 15.4. The summed E-state index contributed by atoms with van der Waals surface area (Å²) in [6.45, 7) is 1.34. The number of amides is 2. The number of benzene rings is 2. The van der Waals surface area contributed by atoms with Crippen molar-refractivity contribution in [2.24, 2.45) is 0 Å². The summed E-state index contributed by atoms with van der Waals surface area (Å²) >= 11 is 17.7. The van der Waals surface area contributed by atoms with Gasteiger partial charge >= 0.3 is 0 Å². The third-order valence-electron chi connectivity index (χ3n) is 3.14. The average Bonchev–Trinajstić information content (AvgIpc) is 2.53. The van der Waals surface area contributed by atoms with Crippen molar-refractivity contribution < 1.29 is 19.4 Å². The molecule has 0 bridgehead atoms. The standard InChI is InChI=1S/C16H13Cl3N2O4/c1-7(22)20-11-5-8(3-4-12(11)25-2)21-16(24)13-14(19)9(17)6-10(18)15(13)23/h3-6,23H,1-2H3,(H,20,22)(H,21,24). The third-order valence-corrected chi connectivity index (χ3v) is 4.22. The van der Waals surface area contributed by atoms with Gasteiger partial charge in [0.15, 0.2) is 0 Å². The summed E-state index contributed by atoms with van der Waals surface area (Å²) in [5.41, 5.74) is 0.449. The summed E-state index contributed by atoms with van der Waals surface area (Å²) in [5, 5.41) is 14.9. The van der Waals surface area contributed by atoms with Gasteiger partial charge in [0.1, 0.15) is 17.1 Å². The van der Waals surface area contributed by atoms with Gasteiger partial charge in [-0.2, -0.15) is 0 Å². The van der Waals surface area contributed by atoms with Crippen LogP contribution in [0.25, 0.3) is 0 Å². The summed E-state index contributed by atoms with van der Waals surface area (Å²) in [5.74, 6) is -1.08. The number of nitrogens with one attached hydrogen (secondary N) is 2. The zero-order valence-electron chi connectivity index (χ0n) is 13.1. The van der Waals surface area contributed by atoms with E-state index in [1.807, 2.05) is 0 Å².